The Hall–Kier alpha value is -0.520. The number of carbonyl (C=O) groups is 1. The van der Waals surface area contributed by atoms with E-state index in [9.17, 15) is 9.35 Å². The van der Waals surface area contributed by atoms with Gasteiger partial charge in [0, 0.05) is 11.4 Å². The molecule has 0 fully saturated rings. The van der Waals surface area contributed by atoms with Crippen molar-refractivity contribution < 1.29 is 14.1 Å². The summed E-state index contributed by atoms with van der Waals surface area (Å²) in [6.07, 6.45) is 1.85. The van der Waals surface area contributed by atoms with Crippen molar-refractivity contribution in [3.63, 3.8) is 0 Å². The molecule has 1 heterocycles. The Labute approximate surface area is 119 Å². The van der Waals surface area contributed by atoms with E-state index in [0.717, 1.165) is 0 Å². The van der Waals surface area contributed by atoms with Gasteiger partial charge in [-0.2, -0.15) is 0 Å². The largest absolute Gasteiger partial charge is 0.597 e. The zero-order valence-electron chi connectivity index (χ0n) is 12.7. The normalized spacial score (nSPS) is 22.5. The van der Waals surface area contributed by atoms with Crippen LogP contribution in [-0.4, -0.2) is 38.8 Å². The van der Waals surface area contributed by atoms with Crippen molar-refractivity contribution in [1.82, 2.24) is 4.31 Å². The summed E-state index contributed by atoms with van der Waals surface area (Å²) in [5.41, 5.74) is 0.648. The van der Waals surface area contributed by atoms with E-state index in [-0.39, 0.29) is 22.7 Å². The maximum absolute atomic E-state index is 12.6. The summed E-state index contributed by atoms with van der Waals surface area (Å²) in [6, 6.07) is -0.126. The quantitative estimate of drug-likeness (QED) is 0.588. The summed E-state index contributed by atoms with van der Waals surface area (Å²) in [5, 5.41) is 0. The van der Waals surface area contributed by atoms with Crippen LogP contribution < -0.4 is 0 Å². The minimum Gasteiger partial charge on any atom is -0.597 e. The number of esters is 1. The van der Waals surface area contributed by atoms with Crippen LogP contribution in [0.25, 0.3) is 0 Å². The minimum absolute atomic E-state index is 0.126. The Bertz CT molecular complexity index is 360. The molecule has 0 saturated heterocycles. The Kier molecular flexibility index (Phi) is 5.47. The second-order valence-electron chi connectivity index (χ2n) is 6.03. The Balaban J connectivity index is 2.93. The lowest BCUT2D eigenvalue weighted by Gasteiger charge is -2.35. The van der Waals surface area contributed by atoms with E-state index in [2.05, 4.69) is 0 Å². The molecule has 0 unspecified atom stereocenters. The lowest BCUT2D eigenvalue weighted by Crippen LogP contribution is -2.48. The first-order valence-electron chi connectivity index (χ1n) is 6.76. The van der Waals surface area contributed by atoms with Crippen LogP contribution >= 0.6 is 0 Å². The van der Waals surface area contributed by atoms with Crippen LogP contribution in [0, 0.1) is 5.92 Å². The Morgan fingerprint density at radius 3 is 2.58 bits per heavy atom. The predicted octanol–water partition coefficient (Wildman–Crippen LogP) is 2.28. The lowest BCUT2D eigenvalue weighted by atomic mass is 9.98. The summed E-state index contributed by atoms with van der Waals surface area (Å²) in [5.74, 6) is -0.0703. The van der Waals surface area contributed by atoms with E-state index in [0.29, 0.717) is 18.7 Å². The first-order valence-corrected chi connectivity index (χ1v) is 7.86. The summed E-state index contributed by atoms with van der Waals surface area (Å²) in [7, 11) is 0. The van der Waals surface area contributed by atoms with Gasteiger partial charge in [-0.15, -0.1) is 4.31 Å². The number of nitrogens with zero attached hydrogens (tertiary/aromatic N) is 1. The van der Waals surface area contributed by atoms with Gasteiger partial charge < -0.3 is 9.29 Å². The van der Waals surface area contributed by atoms with E-state index in [1.165, 1.54) is 0 Å². The molecule has 0 aromatic rings. The topological polar surface area (TPSA) is 52.6 Å². The van der Waals surface area contributed by atoms with Gasteiger partial charge >= 0.3 is 5.97 Å². The number of carbonyl (C=O) groups excluding carboxylic acids is 1. The smallest absolute Gasteiger partial charge is 0.335 e. The number of hydrogen-bond acceptors (Lipinski definition) is 4. The van der Waals surface area contributed by atoms with Gasteiger partial charge in [0.1, 0.15) is 4.75 Å². The summed E-state index contributed by atoms with van der Waals surface area (Å²) in [6.45, 7) is 12.6. The fourth-order valence-corrected chi connectivity index (χ4v) is 3.69. The summed E-state index contributed by atoms with van der Waals surface area (Å²) < 4.78 is 19.2. The van der Waals surface area contributed by atoms with Crippen molar-refractivity contribution in [1.29, 1.82) is 0 Å². The Morgan fingerprint density at radius 2 is 2.16 bits per heavy atom. The standard InChI is InChI=1S/C14H25NO3S/c1-7-18-13(16)11-8-9-15(12(11)10(2)3)19(17)14(4,5)6/h8,10,12H,7,9H2,1-6H3/t12-,19-/m1/s1. The molecular weight excluding hydrogens is 262 g/mol. The second kappa shape index (κ2) is 6.29. The van der Waals surface area contributed by atoms with Crippen LogP contribution in [0.5, 0.6) is 0 Å². The van der Waals surface area contributed by atoms with Crippen LogP contribution in [0.4, 0.5) is 0 Å². The molecule has 19 heavy (non-hydrogen) atoms. The highest BCUT2D eigenvalue weighted by atomic mass is 32.2. The van der Waals surface area contributed by atoms with Gasteiger partial charge in [0.15, 0.2) is 0 Å². The Morgan fingerprint density at radius 1 is 1.58 bits per heavy atom. The van der Waals surface area contributed by atoms with Gasteiger partial charge in [-0.25, -0.2) is 4.79 Å². The number of ether oxygens (including phenoxy) is 1. The van der Waals surface area contributed by atoms with E-state index < -0.39 is 11.4 Å². The molecule has 0 saturated carbocycles. The number of hydrogen-bond donors (Lipinski definition) is 0. The van der Waals surface area contributed by atoms with Crippen LogP contribution in [0.15, 0.2) is 11.6 Å². The molecule has 0 aliphatic carbocycles. The molecule has 0 radical (unpaired) electrons. The highest BCUT2D eigenvalue weighted by Crippen LogP contribution is 2.33. The minimum atomic E-state index is -1.13. The van der Waals surface area contributed by atoms with E-state index in [4.69, 9.17) is 4.74 Å². The van der Waals surface area contributed by atoms with Gasteiger partial charge in [0.2, 0.25) is 0 Å². The van der Waals surface area contributed by atoms with Gasteiger partial charge in [0.25, 0.3) is 0 Å². The molecule has 0 aromatic carbocycles. The molecule has 1 aliphatic rings. The summed E-state index contributed by atoms with van der Waals surface area (Å²) in [4.78, 5) is 12.0. The number of rotatable bonds is 4. The second-order valence-corrected chi connectivity index (χ2v) is 8.22. The molecule has 1 aliphatic heterocycles. The van der Waals surface area contributed by atoms with Gasteiger partial charge in [-0.1, -0.05) is 19.9 Å². The predicted molar refractivity (Wildman–Crippen MR) is 77.9 cm³/mol. The van der Waals surface area contributed by atoms with E-state index in [1.807, 2.05) is 45.0 Å². The molecule has 2 atom stereocenters. The van der Waals surface area contributed by atoms with Crippen molar-refractivity contribution in [2.75, 3.05) is 13.2 Å². The zero-order valence-corrected chi connectivity index (χ0v) is 13.5. The third-order valence-electron chi connectivity index (χ3n) is 3.00. The van der Waals surface area contributed by atoms with Crippen LogP contribution in [0.2, 0.25) is 0 Å². The maximum atomic E-state index is 12.6. The maximum Gasteiger partial charge on any atom is 0.335 e. The molecule has 0 spiro atoms. The lowest BCUT2D eigenvalue weighted by molar-refractivity contribution is -0.139. The fourth-order valence-electron chi connectivity index (χ4n) is 2.21. The third kappa shape index (κ3) is 3.74. The van der Waals surface area contributed by atoms with Crippen LogP contribution in [-0.2, 0) is 20.9 Å². The molecule has 4 nitrogen and oxygen atoms in total. The van der Waals surface area contributed by atoms with Gasteiger partial charge in [0.05, 0.1) is 24.8 Å². The average Bonchev–Trinajstić information content (AvgIpc) is 2.71. The van der Waals surface area contributed by atoms with Crippen molar-refractivity contribution in [2.45, 2.75) is 52.3 Å². The van der Waals surface area contributed by atoms with E-state index >= 15 is 0 Å². The average molecular weight is 287 g/mol. The highest BCUT2D eigenvalue weighted by Gasteiger charge is 2.44. The van der Waals surface area contributed by atoms with Crippen molar-refractivity contribution in [2.24, 2.45) is 5.92 Å². The van der Waals surface area contributed by atoms with Crippen LogP contribution in [0.3, 0.4) is 0 Å². The first kappa shape index (κ1) is 16.5. The van der Waals surface area contributed by atoms with Gasteiger partial charge in [-0.3, -0.25) is 0 Å². The molecule has 0 bridgehead atoms. The molecule has 1 rings (SSSR count). The highest BCUT2D eigenvalue weighted by molar-refractivity contribution is 7.90. The van der Waals surface area contributed by atoms with Crippen molar-refractivity contribution >= 4 is 17.3 Å². The zero-order chi connectivity index (χ0) is 14.8. The molecule has 0 amide bonds. The van der Waals surface area contributed by atoms with Crippen molar-refractivity contribution in [3.8, 4) is 0 Å². The molecule has 110 valence electrons. The third-order valence-corrected chi connectivity index (χ3v) is 4.85. The van der Waals surface area contributed by atoms with E-state index in [1.54, 1.807) is 6.92 Å². The molecule has 0 aromatic heterocycles. The monoisotopic (exact) mass is 287 g/mol. The van der Waals surface area contributed by atoms with Crippen molar-refractivity contribution in [3.05, 3.63) is 11.6 Å². The SMILES string of the molecule is CCOC(=O)C1=CCN([S@+]([O-])C(C)(C)C)[C@@H]1C(C)C. The van der Waals surface area contributed by atoms with Crippen LogP contribution in [0.1, 0.15) is 41.5 Å². The van der Waals surface area contributed by atoms with Gasteiger partial charge in [-0.05, 0) is 33.6 Å². The molecular formula is C14H25NO3S. The summed E-state index contributed by atoms with van der Waals surface area (Å²) >= 11 is -1.13. The fraction of sp³-hybridized carbons (Fsp3) is 0.786. The molecule has 5 heteroatoms. The first-order chi connectivity index (χ1) is 8.70. The molecule has 0 N–H and O–H groups in total.